The first kappa shape index (κ1) is 12.4. The van der Waals surface area contributed by atoms with Crippen LogP contribution in [-0.2, 0) is 4.74 Å². The first-order valence-corrected chi connectivity index (χ1v) is 6.64. The third kappa shape index (κ3) is 2.54. The summed E-state index contributed by atoms with van der Waals surface area (Å²) in [6.45, 7) is 3.43. The van der Waals surface area contributed by atoms with Gasteiger partial charge in [0.2, 0.25) is 0 Å². The molecule has 1 unspecified atom stereocenters. The number of fused-ring (bicyclic) bond motifs is 1. The number of nitrogens with zero attached hydrogens (tertiary/aromatic N) is 1. The molecular weight excluding hydrogens is 243 g/mol. The number of rotatable bonds is 2. The van der Waals surface area contributed by atoms with Crippen LogP contribution in [-0.4, -0.2) is 24.2 Å². The van der Waals surface area contributed by atoms with Crippen LogP contribution in [0.1, 0.15) is 18.5 Å². The van der Waals surface area contributed by atoms with Crippen LogP contribution in [0.25, 0.3) is 10.9 Å². The Labute approximate surface area is 111 Å². The minimum atomic E-state index is -0.274. The maximum Gasteiger partial charge on any atom is 0.149 e. The van der Waals surface area contributed by atoms with Crippen LogP contribution < -0.4 is 5.32 Å². The second-order valence-corrected chi connectivity index (χ2v) is 5.01. The molecule has 1 atom stereocenters. The van der Waals surface area contributed by atoms with E-state index in [-0.39, 0.29) is 5.82 Å². The summed E-state index contributed by atoms with van der Waals surface area (Å²) in [6, 6.07) is 7.33. The van der Waals surface area contributed by atoms with Gasteiger partial charge in [-0.2, -0.15) is 0 Å². The fourth-order valence-corrected chi connectivity index (χ4v) is 2.54. The van der Waals surface area contributed by atoms with E-state index >= 15 is 0 Å². The number of hydrogen-bond acceptors (Lipinski definition) is 3. The summed E-state index contributed by atoms with van der Waals surface area (Å²) >= 11 is 0. The molecule has 0 amide bonds. The van der Waals surface area contributed by atoms with E-state index in [0.29, 0.717) is 18.2 Å². The summed E-state index contributed by atoms with van der Waals surface area (Å²) in [5.41, 5.74) is 2.19. The average Bonchev–Trinajstić information content (AvgIpc) is 2.41. The van der Waals surface area contributed by atoms with Crippen molar-refractivity contribution in [1.29, 1.82) is 0 Å². The lowest BCUT2D eigenvalue weighted by atomic mass is 10.1. The summed E-state index contributed by atoms with van der Waals surface area (Å²) in [7, 11) is 0. The molecule has 1 aromatic carbocycles. The van der Waals surface area contributed by atoms with Crippen molar-refractivity contribution in [2.75, 3.05) is 18.5 Å². The highest BCUT2D eigenvalue weighted by Crippen LogP contribution is 2.26. The minimum Gasteiger partial charge on any atom is -0.379 e. The number of para-hydroxylation sites is 1. The molecule has 4 heteroatoms. The normalized spacial score (nSPS) is 19.6. The third-order valence-electron chi connectivity index (χ3n) is 3.44. The standard InChI is InChI=1S/C15H17FN2O/c1-10-8-14(18-11-4-3-7-19-9-11)12-5-2-6-13(16)15(12)17-10/h2,5-6,8,11H,3-4,7,9H2,1H3,(H,17,18). The Balaban J connectivity index is 1.99. The molecule has 0 aliphatic carbocycles. The fourth-order valence-electron chi connectivity index (χ4n) is 2.54. The highest BCUT2D eigenvalue weighted by molar-refractivity contribution is 5.91. The van der Waals surface area contributed by atoms with Gasteiger partial charge in [-0.25, -0.2) is 9.37 Å². The van der Waals surface area contributed by atoms with E-state index in [2.05, 4.69) is 10.3 Å². The zero-order chi connectivity index (χ0) is 13.2. The lowest BCUT2D eigenvalue weighted by Gasteiger charge is -2.25. The van der Waals surface area contributed by atoms with Gasteiger partial charge in [0, 0.05) is 29.4 Å². The summed E-state index contributed by atoms with van der Waals surface area (Å²) in [5.74, 6) is -0.274. The maximum absolute atomic E-state index is 13.8. The molecular formula is C15H17FN2O. The van der Waals surface area contributed by atoms with Crippen LogP contribution in [0.3, 0.4) is 0 Å². The summed E-state index contributed by atoms with van der Waals surface area (Å²) in [6.07, 6.45) is 2.15. The monoisotopic (exact) mass is 260 g/mol. The molecule has 19 heavy (non-hydrogen) atoms. The van der Waals surface area contributed by atoms with Gasteiger partial charge in [-0.05, 0) is 31.9 Å². The van der Waals surface area contributed by atoms with Gasteiger partial charge < -0.3 is 10.1 Å². The highest BCUT2D eigenvalue weighted by atomic mass is 19.1. The molecule has 1 N–H and O–H groups in total. The SMILES string of the molecule is Cc1cc(NC2CCCOC2)c2cccc(F)c2n1. The van der Waals surface area contributed by atoms with Gasteiger partial charge in [0.25, 0.3) is 0 Å². The van der Waals surface area contributed by atoms with E-state index in [1.807, 2.05) is 19.1 Å². The van der Waals surface area contributed by atoms with Crippen molar-refractivity contribution in [3.05, 3.63) is 35.8 Å². The van der Waals surface area contributed by atoms with E-state index in [1.54, 1.807) is 6.07 Å². The van der Waals surface area contributed by atoms with Crippen LogP contribution in [0.5, 0.6) is 0 Å². The molecule has 1 aliphatic heterocycles. The largest absolute Gasteiger partial charge is 0.379 e. The Hall–Kier alpha value is -1.68. The zero-order valence-corrected chi connectivity index (χ0v) is 10.9. The molecule has 1 fully saturated rings. The second kappa shape index (κ2) is 5.13. The van der Waals surface area contributed by atoms with Crippen LogP contribution in [0, 0.1) is 12.7 Å². The van der Waals surface area contributed by atoms with Gasteiger partial charge >= 0.3 is 0 Å². The van der Waals surface area contributed by atoms with Crippen LogP contribution in [0.2, 0.25) is 0 Å². The molecule has 3 nitrogen and oxygen atoms in total. The Morgan fingerprint density at radius 3 is 3.11 bits per heavy atom. The predicted octanol–water partition coefficient (Wildman–Crippen LogP) is 3.27. The molecule has 100 valence electrons. The first-order chi connectivity index (χ1) is 9.24. The first-order valence-electron chi connectivity index (χ1n) is 6.64. The number of benzene rings is 1. The fraction of sp³-hybridized carbons (Fsp3) is 0.400. The molecule has 0 saturated carbocycles. The van der Waals surface area contributed by atoms with Gasteiger partial charge in [0.05, 0.1) is 6.61 Å². The molecule has 1 aliphatic rings. The maximum atomic E-state index is 13.8. The van der Waals surface area contributed by atoms with Gasteiger partial charge in [0.1, 0.15) is 11.3 Å². The quantitative estimate of drug-likeness (QED) is 0.899. The van der Waals surface area contributed by atoms with Gasteiger partial charge in [-0.15, -0.1) is 0 Å². The number of halogens is 1. The molecule has 0 radical (unpaired) electrons. The summed E-state index contributed by atoms with van der Waals surface area (Å²) < 4.78 is 19.3. The van der Waals surface area contributed by atoms with E-state index in [0.717, 1.165) is 36.2 Å². The molecule has 1 saturated heterocycles. The van der Waals surface area contributed by atoms with Crippen molar-refractivity contribution < 1.29 is 9.13 Å². The average molecular weight is 260 g/mol. The number of hydrogen-bond donors (Lipinski definition) is 1. The molecule has 2 aromatic rings. The Morgan fingerprint density at radius 1 is 1.42 bits per heavy atom. The van der Waals surface area contributed by atoms with Gasteiger partial charge in [0.15, 0.2) is 0 Å². The molecule has 0 bridgehead atoms. The van der Waals surface area contributed by atoms with E-state index in [4.69, 9.17) is 4.74 Å². The Bertz CT molecular complexity index is 594. The van der Waals surface area contributed by atoms with E-state index < -0.39 is 0 Å². The molecule has 2 heterocycles. The predicted molar refractivity (Wildman–Crippen MR) is 73.9 cm³/mol. The van der Waals surface area contributed by atoms with Crippen molar-refractivity contribution in [3.63, 3.8) is 0 Å². The van der Waals surface area contributed by atoms with Gasteiger partial charge in [-0.1, -0.05) is 12.1 Å². The number of ether oxygens (including phenoxy) is 1. The summed E-state index contributed by atoms with van der Waals surface area (Å²) in [5, 5.41) is 4.29. The second-order valence-electron chi connectivity index (χ2n) is 5.01. The highest BCUT2D eigenvalue weighted by Gasteiger charge is 2.15. The Morgan fingerprint density at radius 2 is 2.32 bits per heavy atom. The summed E-state index contributed by atoms with van der Waals surface area (Å²) in [4.78, 5) is 4.28. The Kier molecular flexibility index (Phi) is 3.34. The van der Waals surface area contributed by atoms with Crippen LogP contribution >= 0.6 is 0 Å². The number of anilines is 1. The third-order valence-corrected chi connectivity index (χ3v) is 3.44. The van der Waals surface area contributed by atoms with Crippen molar-refractivity contribution >= 4 is 16.6 Å². The molecule has 1 aromatic heterocycles. The number of aromatic nitrogens is 1. The van der Waals surface area contributed by atoms with Crippen molar-refractivity contribution in [2.24, 2.45) is 0 Å². The number of pyridine rings is 1. The van der Waals surface area contributed by atoms with Gasteiger partial charge in [-0.3, -0.25) is 0 Å². The van der Waals surface area contributed by atoms with Crippen molar-refractivity contribution in [1.82, 2.24) is 4.98 Å². The lowest BCUT2D eigenvalue weighted by molar-refractivity contribution is 0.0876. The number of nitrogens with one attached hydrogen (secondary N) is 1. The smallest absolute Gasteiger partial charge is 0.149 e. The molecule has 3 rings (SSSR count). The topological polar surface area (TPSA) is 34.1 Å². The van der Waals surface area contributed by atoms with E-state index in [1.165, 1.54) is 6.07 Å². The minimum absolute atomic E-state index is 0.274. The van der Waals surface area contributed by atoms with Crippen LogP contribution in [0.15, 0.2) is 24.3 Å². The number of aryl methyl sites for hydroxylation is 1. The van der Waals surface area contributed by atoms with Crippen molar-refractivity contribution in [3.8, 4) is 0 Å². The van der Waals surface area contributed by atoms with Crippen LogP contribution in [0.4, 0.5) is 10.1 Å². The van der Waals surface area contributed by atoms with Crippen molar-refractivity contribution in [2.45, 2.75) is 25.8 Å². The van der Waals surface area contributed by atoms with E-state index in [9.17, 15) is 4.39 Å². The molecule has 0 spiro atoms. The lowest BCUT2D eigenvalue weighted by Crippen LogP contribution is -2.30. The zero-order valence-electron chi connectivity index (χ0n) is 10.9.